The molecule has 0 aliphatic rings. The summed E-state index contributed by atoms with van der Waals surface area (Å²) < 4.78 is 7.68. The smallest absolute Gasteiger partial charge is 0.268 e. The molecule has 5 heteroatoms. The summed E-state index contributed by atoms with van der Waals surface area (Å²) in [5.41, 5.74) is 3.87. The first kappa shape index (κ1) is 13.6. The summed E-state index contributed by atoms with van der Waals surface area (Å²) in [5.74, 6) is -0.145. The lowest BCUT2D eigenvalue weighted by Gasteiger charge is -2.06. The Bertz CT molecular complexity index is 999. The number of carbonyl (C=O) groups is 1. The molecule has 0 radical (unpaired) electrons. The van der Waals surface area contributed by atoms with E-state index in [1.54, 1.807) is 12.3 Å². The third-order valence-electron chi connectivity index (χ3n) is 3.95. The van der Waals surface area contributed by atoms with Gasteiger partial charge in [-0.25, -0.2) is 0 Å². The van der Waals surface area contributed by atoms with Crippen LogP contribution in [0.3, 0.4) is 0 Å². The number of nitrogens with zero attached hydrogens (tertiary/aromatic N) is 2. The summed E-state index contributed by atoms with van der Waals surface area (Å²) >= 11 is 0. The zero-order valence-corrected chi connectivity index (χ0v) is 12.6. The number of rotatable bonds is 3. The van der Waals surface area contributed by atoms with Crippen molar-refractivity contribution in [2.24, 2.45) is 7.05 Å². The minimum absolute atomic E-state index is 0.145. The molecule has 5 nitrogen and oxygen atoms in total. The minimum Gasteiger partial charge on any atom is -0.454 e. The van der Waals surface area contributed by atoms with Crippen LogP contribution in [0.1, 0.15) is 16.2 Å². The van der Waals surface area contributed by atoms with Crippen molar-refractivity contribution >= 4 is 28.0 Å². The molecule has 0 aliphatic heterocycles. The van der Waals surface area contributed by atoms with E-state index in [1.165, 1.54) is 0 Å². The quantitative estimate of drug-likeness (QED) is 0.632. The van der Waals surface area contributed by atoms with Crippen LogP contribution in [0.5, 0.6) is 0 Å². The Kier molecular flexibility index (Phi) is 3.12. The molecule has 0 spiro atoms. The zero-order chi connectivity index (χ0) is 15.8. The number of hydrogen-bond donors (Lipinski definition) is 1. The number of benzene rings is 1. The highest BCUT2D eigenvalue weighted by Gasteiger charge is 2.18. The molecule has 4 rings (SSSR count). The molecule has 23 heavy (non-hydrogen) atoms. The highest BCUT2D eigenvalue weighted by atomic mass is 16.3. The van der Waals surface area contributed by atoms with Crippen molar-refractivity contribution in [2.75, 3.05) is 0 Å². The second-order valence-corrected chi connectivity index (χ2v) is 5.40. The summed E-state index contributed by atoms with van der Waals surface area (Å²) in [6.07, 6.45) is 1.71. The number of nitrogens with one attached hydrogen (secondary N) is 1. The summed E-state index contributed by atoms with van der Waals surface area (Å²) in [4.78, 5) is 16.6. The number of carbonyl (C=O) groups excluding carboxylic acids is 1. The van der Waals surface area contributed by atoms with Gasteiger partial charge in [-0.2, -0.15) is 0 Å². The average Bonchev–Trinajstić information content (AvgIpc) is 3.10. The largest absolute Gasteiger partial charge is 0.454 e. The minimum atomic E-state index is -0.145. The summed E-state index contributed by atoms with van der Waals surface area (Å²) in [6, 6.07) is 15.2. The SMILES string of the molecule is Cn1c(C(=O)NCc2ccccn2)cc2oc3ccccc3c21. The molecule has 1 amide bonds. The second-order valence-electron chi connectivity index (χ2n) is 5.40. The third-order valence-corrected chi connectivity index (χ3v) is 3.95. The van der Waals surface area contributed by atoms with E-state index in [-0.39, 0.29) is 5.91 Å². The monoisotopic (exact) mass is 305 g/mol. The molecule has 0 saturated carbocycles. The molecule has 4 aromatic rings. The van der Waals surface area contributed by atoms with Crippen molar-refractivity contribution in [3.05, 3.63) is 66.1 Å². The van der Waals surface area contributed by atoms with Gasteiger partial charge in [-0.1, -0.05) is 18.2 Å². The van der Waals surface area contributed by atoms with Gasteiger partial charge in [0.05, 0.1) is 17.8 Å². The number of amides is 1. The van der Waals surface area contributed by atoms with E-state index in [2.05, 4.69) is 10.3 Å². The maximum absolute atomic E-state index is 12.4. The van der Waals surface area contributed by atoms with Crippen molar-refractivity contribution in [3.63, 3.8) is 0 Å². The lowest BCUT2D eigenvalue weighted by molar-refractivity contribution is 0.0942. The van der Waals surface area contributed by atoms with E-state index in [0.29, 0.717) is 12.2 Å². The number of fused-ring (bicyclic) bond motifs is 3. The van der Waals surface area contributed by atoms with Gasteiger partial charge >= 0.3 is 0 Å². The normalized spacial score (nSPS) is 11.2. The second kappa shape index (κ2) is 5.28. The summed E-state index contributed by atoms with van der Waals surface area (Å²) in [6.45, 7) is 0.396. The molecule has 114 valence electrons. The first-order chi connectivity index (χ1) is 11.2. The summed E-state index contributed by atoms with van der Waals surface area (Å²) in [5, 5.41) is 3.90. The van der Waals surface area contributed by atoms with Crippen LogP contribution in [-0.2, 0) is 13.6 Å². The van der Waals surface area contributed by atoms with Crippen LogP contribution in [0.2, 0.25) is 0 Å². The van der Waals surface area contributed by atoms with Crippen molar-refractivity contribution in [2.45, 2.75) is 6.54 Å². The Hall–Kier alpha value is -3.08. The van der Waals surface area contributed by atoms with Crippen LogP contribution >= 0.6 is 0 Å². The molecule has 0 unspecified atom stereocenters. The van der Waals surface area contributed by atoms with Crippen LogP contribution in [-0.4, -0.2) is 15.5 Å². The Morgan fingerprint density at radius 1 is 1.17 bits per heavy atom. The highest BCUT2D eigenvalue weighted by Crippen LogP contribution is 2.30. The van der Waals surface area contributed by atoms with E-state index < -0.39 is 0 Å². The third kappa shape index (κ3) is 2.26. The number of aryl methyl sites for hydroxylation is 1. The van der Waals surface area contributed by atoms with Gasteiger partial charge in [-0.3, -0.25) is 9.78 Å². The number of pyridine rings is 1. The molecule has 0 atom stereocenters. The first-order valence-corrected chi connectivity index (χ1v) is 7.39. The molecular formula is C18H15N3O2. The van der Waals surface area contributed by atoms with Crippen LogP contribution in [0.15, 0.2) is 59.1 Å². The van der Waals surface area contributed by atoms with Crippen LogP contribution in [0, 0.1) is 0 Å². The molecule has 3 heterocycles. The van der Waals surface area contributed by atoms with E-state index in [4.69, 9.17) is 4.42 Å². The van der Waals surface area contributed by atoms with Gasteiger partial charge in [-0.05, 0) is 24.3 Å². The molecule has 3 aromatic heterocycles. The number of furan rings is 1. The van der Waals surface area contributed by atoms with Gasteiger partial charge in [0.2, 0.25) is 0 Å². The molecule has 0 aliphatic carbocycles. The lowest BCUT2D eigenvalue weighted by atomic mass is 10.2. The molecule has 1 aromatic carbocycles. The predicted molar refractivity (Wildman–Crippen MR) is 88.1 cm³/mol. The fourth-order valence-corrected chi connectivity index (χ4v) is 2.82. The predicted octanol–water partition coefficient (Wildman–Crippen LogP) is 3.25. The molecular weight excluding hydrogens is 290 g/mol. The summed E-state index contributed by atoms with van der Waals surface area (Å²) in [7, 11) is 1.87. The van der Waals surface area contributed by atoms with E-state index in [9.17, 15) is 4.79 Å². The van der Waals surface area contributed by atoms with Crippen molar-refractivity contribution in [1.29, 1.82) is 0 Å². The highest BCUT2D eigenvalue weighted by molar-refractivity contribution is 6.07. The van der Waals surface area contributed by atoms with Gasteiger partial charge in [0.25, 0.3) is 5.91 Å². The molecule has 1 N–H and O–H groups in total. The maximum Gasteiger partial charge on any atom is 0.268 e. The van der Waals surface area contributed by atoms with Crippen LogP contribution < -0.4 is 5.32 Å². The fraction of sp³-hybridized carbons (Fsp3) is 0.111. The van der Waals surface area contributed by atoms with Gasteiger partial charge in [-0.15, -0.1) is 0 Å². The Labute approximate surface area is 132 Å². The topological polar surface area (TPSA) is 60.1 Å². The Morgan fingerprint density at radius 3 is 2.83 bits per heavy atom. The van der Waals surface area contributed by atoms with E-state index >= 15 is 0 Å². The van der Waals surface area contributed by atoms with Crippen molar-refractivity contribution < 1.29 is 9.21 Å². The maximum atomic E-state index is 12.4. The van der Waals surface area contributed by atoms with Crippen LogP contribution in [0.25, 0.3) is 22.1 Å². The number of aromatic nitrogens is 2. The molecule has 0 saturated heterocycles. The first-order valence-electron chi connectivity index (χ1n) is 7.39. The average molecular weight is 305 g/mol. The number of para-hydroxylation sites is 1. The Balaban J connectivity index is 1.66. The van der Waals surface area contributed by atoms with Crippen molar-refractivity contribution in [3.8, 4) is 0 Å². The van der Waals surface area contributed by atoms with Gasteiger partial charge in [0.15, 0.2) is 5.58 Å². The fourth-order valence-electron chi connectivity index (χ4n) is 2.82. The van der Waals surface area contributed by atoms with Crippen molar-refractivity contribution in [1.82, 2.24) is 14.9 Å². The standard InChI is InChI=1S/C18H15N3O2/c1-21-14(18(22)20-11-12-6-4-5-9-19-12)10-16-17(21)13-7-2-3-8-15(13)23-16/h2-10H,11H2,1H3,(H,20,22). The van der Waals surface area contributed by atoms with Gasteiger partial charge in [0, 0.05) is 24.7 Å². The molecule has 0 bridgehead atoms. The van der Waals surface area contributed by atoms with E-state index in [0.717, 1.165) is 27.8 Å². The van der Waals surface area contributed by atoms with Gasteiger partial charge in [0.1, 0.15) is 11.3 Å². The zero-order valence-electron chi connectivity index (χ0n) is 12.6. The van der Waals surface area contributed by atoms with Gasteiger partial charge < -0.3 is 14.3 Å². The molecule has 0 fully saturated rings. The van der Waals surface area contributed by atoms with E-state index in [1.807, 2.05) is 54.1 Å². The van der Waals surface area contributed by atoms with Crippen LogP contribution in [0.4, 0.5) is 0 Å². The Morgan fingerprint density at radius 2 is 2.00 bits per heavy atom. The lowest BCUT2D eigenvalue weighted by Crippen LogP contribution is -2.25. The number of hydrogen-bond acceptors (Lipinski definition) is 3.